The maximum Gasteiger partial charge on any atom is 0.00684 e. The summed E-state index contributed by atoms with van der Waals surface area (Å²) in [4.78, 5) is 2.80. The lowest BCUT2D eigenvalue weighted by Crippen LogP contribution is -2.43. The second-order valence-corrected chi connectivity index (χ2v) is 7.51. The fraction of sp³-hybridized carbons (Fsp3) is 1.00. The molecule has 2 saturated carbocycles. The Bertz CT molecular complexity index is 282. The van der Waals surface area contributed by atoms with Crippen LogP contribution in [-0.4, -0.2) is 37.1 Å². The van der Waals surface area contributed by atoms with E-state index < -0.39 is 0 Å². The summed E-state index contributed by atoms with van der Waals surface area (Å²) in [5, 5.41) is 3.80. The van der Waals surface area contributed by atoms with Gasteiger partial charge in [-0.2, -0.15) is 0 Å². The lowest BCUT2D eigenvalue weighted by Gasteiger charge is -2.36. The van der Waals surface area contributed by atoms with Crippen molar-refractivity contribution in [1.29, 1.82) is 0 Å². The minimum atomic E-state index is 0.529. The van der Waals surface area contributed by atoms with Crippen molar-refractivity contribution >= 4 is 0 Å². The predicted molar refractivity (Wildman–Crippen MR) is 81.3 cm³/mol. The van der Waals surface area contributed by atoms with Crippen LogP contribution in [0.25, 0.3) is 0 Å². The highest BCUT2D eigenvalue weighted by atomic mass is 15.2. The van der Waals surface area contributed by atoms with Crippen LogP contribution >= 0.6 is 0 Å². The van der Waals surface area contributed by atoms with Gasteiger partial charge in [-0.05, 0) is 55.8 Å². The van der Waals surface area contributed by atoms with Crippen molar-refractivity contribution in [2.45, 2.75) is 64.8 Å². The first-order valence-electron chi connectivity index (χ1n) is 8.70. The zero-order valence-corrected chi connectivity index (χ0v) is 13.0. The molecule has 0 radical (unpaired) electrons. The second-order valence-electron chi connectivity index (χ2n) is 7.51. The highest BCUT2D eigenvalue weighted by molar-refractivity contribution is 4.93. The summed E-state index contributed by atoms with van der Waals surface area (Å²) >= 11 is 0. The van der Waals surface area contributed by atoms with Gasteiger partial charge in [0.1, 0.15) is 0 Å². The van der Waals surface area contributed by atoms with Crippen molar-refractivity contribution in [3.05, 3.63) is 0 Å². The van der Waals surface area contributed by atoms with Crippen molar-refractivity contribution in [3.63, 3.8) is 0 Å². The van der Waals surface area contributed by atoms with Crippen LogP contribution in [0.2, 0.25) is 0 Å². The van der Waals surface area contributed by atoms with Crippen LogP contribution in [0, 0.1) is 17.3 Å². The van der Waals surface area contributed by atoms with Gasteiger partial charge >= 0.3 is 0 Å². The number of fused-ring (bicyclic) bond motifs is 1. The van der Waals surface area contributed by atoms with E-state index in [1.807, 2.05) is 0 Å². The van der Waals surface area contributed by atoms with Crippen molar-refractivity contribution in [2.75, 3.05) is 26.2 Å². The summed E-state index contributed by atoms with van der Waals surface area (Å²) in [7, 11) is 0. The van der Waals surface area contributed by atoms with E-state index in [0.717, 1.165) is 17.9 Å². The van der Waals surface area contributed by atoms with Gasteiger partial charge in [-0.1, -0.05) is 20.3 Å². The highest BCUT2D eigenvalue weighted by Crippen LogP contribution is 2.39. The molecule has 1 heterocycles. The summed E-state index contributed by atoms with van der Waals surface area (Å²) in [6, 6.07) is 0.857. The van der Waals surface area contributed by atoms with E-state index >= 15 is 0 Å². The number of likely N-dealkylation sites (tertiary alicyclic amines) is 1. The zero-order valence-electron chi connectivity index (χ0n) is 13.0. The molecule has 110 valence electrons. The third kappa shape index (κ3) is 3.16. The molecule has 1 N–H and O–H groups in total. The number of hydrogen-bond donors (Lipinski definition) is 1. The lowest BCUT2D eigenvalue weighted by atomic mass is 9.81. The molecule has 0 bridgehead atoms. The van der Waals surface area contributed by atoms with Gasteiger partial charge in [0.05, 0.1) is 0 Å². The SMILES string of the molecule is CCC(CC)(CNC1CC1)CN1CC2CCCC2C1. The van der Waals surface area contributed by atoms with Crippen molar-refractivity contribution < 1.29 is 0 Å². The first-order chi connectivity index (χ1) is 9.24. The maximum atomic E-state index is 3.80. The van der Waals surface area contributed by atoms with Crippen molar-refractivity contribution in [3.8, 4) is 0 Å². The molecule has 2 aliphatic carbocycles. The van der Waals surface area contributed by atoms with Gasteiger partial charge in [-0.25, -0.2) is 0 Å². The minimum Gasteiger partial charge on any atom is -0.313 e. The van der Waals surface area contributed by atoms with E-state index in [4.69, 9.17) is 0 Å². The van der Waals surface area contributed by atoms with Gasteiger partial charge in [-0.3, -0.25) is 0 Å². The first-order valence-corrected chi connectivity index (χ1v) is 8.70. The topological polar surface area (TPSA) is 15.3 Å². The molecular weight excluding hydrogens is 232 g/mol. The van der Waals surface area contributed by atoms with Gasteiger partial charge in [-0.15, -0.1) is 0 Å². The maximum absolute atomic E-state index is 3.80. The third-order valence-electron chi connectivity index (χ3n) is 6.20. The van der Waals surface area contributed by atoms with Gasteiger partial charge in [0.25, 0.3) is 0 Å². The molecule has 1 saturated heterocycles. The Morgan fingerprint density at radius 1 is 1.00 bits per heavy atom. The Morgan fingerprint density at radius 2 is 1.63 bits per heavy atom. The molecule has 0 amide bonds. The molecule has 2 atom stereocenters. The van der Waals surface area contributed by atoms with E-state index in [9.17, 15) is 0 Å². The molecule has 0 aromatic carbocycles. The quantitative estimate of drug-likeness (QED) is 0.759. The van der Waals surface area contributed by atoms with Crippen molar-refractivity contribution in [2.24, 2.45) is 17.3 Å². The number of rotatable bonds is 7. The van der Waals surface area contributed by atoms with Gasteiger partial charge in [0.15, 0.2) is 0 Å². The molecule has 0 aromatic rings. The van der Waals surface area contributed by atoms with E-state index in [-0.39, 0.29) is 0 Å². The number of nitrogens with one attached hydrogen (secondary N) is 1. The standard InChI is InChI=1S/C17H32N2/c1-3-17(4-2,12-18-16-8-9-16)13-19-10-14-6-5-7-15(14)11-19/h14-16,18H,3-13H2,1-2H3. The molecule has 1 aliphatic heterocycles. The fourth-order valence-corrected chi connectivity index (χ4v) is 4.36. The van der Waals surface area contributed by atoms with E-state index in [2.05, 4.69) is 24.1 Å². The molecule has 19 heavy (non-hydrogen) atoms. The first kappa shape index (κ1) is 13.9. The van der Waals surface area contributed by atoms with E-state index in [1.54, 1.807) is 0 Å². The summed E-state index contributed by atoms with van der Waals surface area (Å²) in [5.74, 6) is 2.09. The Labute approximate surface area is 119 Å². The van der Waals surface area contributed by atoms with Crippen LogP contribution in [0.5, 0.6) is 0 Å². The molecule has 0 spiro atoms. The summed E-state index contributed by atoms with van der Waals surface area (Å²) in [6.45, 7) is 10.2. The van der Waals surface area contributed by atoms with Crippen LogP contribution in [0.3, 0.4) is 0 Å². The molecule has 2 nitrogen and oxygen atoms in total. The normalized spacial score (nSPS) is 31.9. The molecular formula is C17H32N2. The number of nitrogens with zero attached hydrogens (tertiary/aromatic N) is 1. The molecule has 3 rings (SSSR count). The highest BCUT2D eigenvalue weighted by Gasteiger charge is 2.39. The van der Waals surface area contributed by atoms with Gasteiger partial charge < -0.3 is 10.2 Å². The lowest BCUT2D eigenvalue weighted by molar-refractivity contribution is 0.147. The summed E-state index contributed by atoms with van der Waals surface area (Å²) in [5.41, 5.74) is 0.529. The van der Waals surface area contributed by atoms with Crippen LogP contribution in [-0.2, 0) is 0 Å². The second kappa shape index (κ2) is 5.73. The van der Waals surface area contributed by atoms with Crippen molar-refractivity contribution in [1.82, 2.24) is 10.2 Å². The Balaban J connectivity index is 1.54. The molecule has 2 unspecified atom stereocenters. The summed E-state index contributed by atoms with van der Waals surface area (Å²) < 4.78 is 0. The molecule has 3 aliphatic rings. The van der Waals surface area contributed by atoms with Crippen LogP contribution < -0.4 is 5.32 Å². The van der Waals surface area contributed by atoms with Gasteiger partial charge in [0.2, 0.25) is 0 Å². The van der Waals surface area contributed by atoms with E-state index in [1.165, 1.54) is 71.1 Å². The van der Waals surface area contributed by atoms with Crippen LogP contribution in [0.1, 0.15) is 58.8 Å². The predicted octanol–water partition coefficient (Wildman–Crippen LogP) is 3.28. The Morgan fingerprint density at radius 3 is 2.16 bits per heavy atom. The van der Waals surface area contributed by atoms with Crippen LogP contribution in [0.4, 0.5) is 0 Å². The average Bonchev–Trinajstić information content (AvgIpc) is 3.03. The fourth-order valence-electron chi connectivity index (χ4n) is 4.36. The van der Waals surface area contributed by atoms with Gasteiger partial charge in [0, 0.05) is 32.2 Å². The Kier molecular flexibility index (Phi) is 4.19. The van der Waals surface area contributed by atoms with Crippen LogP contribution in [0.15, 0.2) is 0 Å². The smallest absolute Gasteiger partial charge is 0.00684 e. The average molecular weight is 264 g/mol. The van der Waals surface area contributed by atoms with E-state index in [0.29, 0.717) is 5.41 Å². The number of hydrogen-bond acceptors (Lipinski definition) is 2. The zero-order chi connectivity index (χ0) is 13.3. The third-order valence-corrected chi connectivity index (χ3v) is 6.20. The molecule has 0 aromatic heterocycles. The largest absolute Gasteiger partial charge is 0.313 e. The summed E-state index contributed by atoms with van der Waals surface area (Å²) in [6.07, 6.45) is 10.00. The molecule has 2 heteroatoms. The minimum absolute atomic E-state index is 0.529. The monoisotopic (exact) mass is 264 g/mol. The Hall–Kier alpha value is -0.0800. The molecule has 3 fully saturated rings.